The number of hydrogen-bond acceptors (Lipinski definition) is 4. The van der Waals surface area contributed by atoms with Gasteiger partial charge in [-0.05, 0) is 42.5 Å². The van der Waals surface area contributed by atoms with E-state index in [0.29, 0.717) is 5.56 Å². The van der Waals surface area contributed by atoms with Crippen LogP contribution in [-0.2, 0) is 0 Å². The van der Waals surface area contributed by atoms with Crippen LogP contribution in [0.4, 0.5) is 17.6 Å². The SMILES string of the molecule is COc1ccc(-c2cc(C(N)=O)c3cc(OC(F)(F)F)ccc3n2)cc1F. The van der Waals surface area contributed by atoms with Crippen molar-refractivity contribution in [3.8, 4) is 22.8 Å². The first-order chi connectivity index (χ1) is 12.7. The second-order valence-electron chi connectivity index (χ2n) is 5.50. The van der Waals surface area contributed by atoms with Crippen molar-refractivity contribution >= 4 is 16.8 Å². The third-order valence-electron chi connectivity index (χ3n) is 3.73. The molecule has 1 aromatic heterocycles. The molecule has 0 aliphatic rings. The predicted molar refractivity (Wildman–Crippen MR) is 88.9 cm³/mol. The molecule has 3 rings (SSSR count). The van der Waals surface area contributed by atoms with Gasteiger partial charge in [0.25, 0.3) is 0 Å². The Balaban J connectivity index is 2.15. The highest BCUT2D eigenvalue weighted by Crippen LogP contribution is 2.31. The number of carbonyl (C=O) groups excluding carboxylic acids is 1. The van der Waals surface area contributed by atoms with Crippen molar-refractivity contribution in [2.75, 3.05) is 7.11 Å². The third-order valence-corrected chi connectivity index (χ3v) is 3.73. The number of benzene rings is 2. The van der Waals surface area contributed by atoms with Gasteiger partial charge in [0.2, 0.25) is 5.91 Å². The first-order valence-corrected chi connectivity index (χ1v) is 7.52. The number of methoxy groups -OCH3 is 1. The quantitative estimate of drug-likeness (QED) is 0.693. The second kappa shape index (κ2) is 6.75. The normalized spacial score (nSPS) is 11.4. The molecular formula is C18H12F4N2O3. The molecule has 0 atom stereocenters. The maximum atomic E-state index is 14.0. The van der Waals surface area contributed by atoms with Gasteiger partial charge in [-0.1, -0.05) is 0 Å². The number of ether oxygens (including phenoxy) is 2. The van der Waals surface area contributed by atoms with Gasteiger partial charge in [-0.25, -0.2) is 9.37 Å². The summed E-state index contributed by atoms with van der Waals surface area (Å²) in [4.78, 5) is 16.1. The van der Waals surface area contributed by atoms with Crippen LogP contribution in [0.1, 0.15) is 10.4 Å². The summed E-state index contributed by atoms with van der Waals surface area (Å²) < 4.78 is 59.9. The Bertz CT molecular complexity index is 1040. The van der Waals surface area contributed by atoms with Crippen molar-refractivity contribution in [3.63, 3.8) is 0 Å². The van der Waals surface area contributed by atoms with Crippen LogP contribution >= 0.6 is 0 Å². The van der Waals surface area contributed by atoms with E-state index in [-0.39, 0.29) is 27.9 Å². The van der Waals surface area contributed by atoms with Crippen molar-refractivity contribution < 1.29 is 31.8 Å². The van der Waals surface area contributed by atoms with Gasteiger partial charge in [-0.15, -0.1) is 13.2 Å². The van der Waals surface area contributed by atoms with Crippen LogP contribution < -0.4 is 15.2 Å². The highest BCUT2D eigenvalue weighted by Gasteiger charge is 2.31. The topological polar surface area (TPSA) is 74.4 Å². The molecule has 1 heterocycles. The molecule has 0 aliphatic carbocycles. The lowest BCUT2D eigenvalue weighted by Gasteiger charge is -2.12. The van der Waals surface area contributed by atoms with Crippen LogP contribution in [0.15, 0.2) is 42.5 Å². The fourth-order valence-corrected chi connectivity index (χ4v) is 2.58. The van der Waals surface area contributed by atoms with E-state index in [4.69, 9.17) is 10.5 Å². The van der Waals surface area contributed by atoms with Crippen molar-refractivity contribution in [1.29, 1.82) is 0 Å². The molecule has 0 spiro atoms. The lowest BCUT2D eigenvalue weighted by Crippen LogP contribution is -2.17. The number of nitrogens with two attached hydrogens (primary N) is 1. The minimum Gasteiger partial charge on any atom is -0.494 e. The maximum absolute atomic E-state index is 14.0. The number of amides is 1. The molecule has 0 radical (unpaired) electrons. The minimum absolute atomic E-state index is 0.0311. The number of pyridine rings is 1. The first kappa shape index (κ1) is 18.4. The van der Waals surface area contributed by atoms with E-state index in [1.54, 1.807) is 0 Å². The van der Waals surface area contributed by atoms with Gasteiger partial charge in [0, 0.05) is 10.9 Å². The van der Waals surface area contributed by atoms with E-state index in [2.05, 4.69) is 9.72 Å². The number of carbonyl (C=O) groups is 1. The van der Waals surface area contributed by atoms with Crippen molar-refractivity contribution in [2.24, 2.45) is 5.73 Å². The number of alkyl halides is 3. The Morgan fingerprint density at radius 1 is 1.11 bits per heavy atom. The number of aromatic nitrogens is 1. The molecular weight excluding hydrogens is 368 g/mol. The summed E-state index contributed by atoms with van der Waals surface area (Å²) in [5.74, 6) is -1.99. The summed E-state index contributed by atoms with van der Waals surface area (Å²) in [7, 11) is 1.32. The standard InChI is InChI=1S/C18H12F4N2O3/c1-26-16-5-2-9(6-13(16)19)15-8-12(17(23)25)11-7-10(27-18(20,21)22)3-4-14(11)24-15/h2-8H,1H3,(H2,23,25). The number of primary amides is 1. The molecule has 5 nitrogen and oxygen atoms in total. The Hall–Kier alpha value is -3.36. The van der Waals surface area contributed by atoms with E-state index in [9.17, 15) is 22.4 Å². The Labute approximate surface area is 150 Å². The van der Waals surface area contributed by atoms with Gasteiger partial charge in [0.05, 0.1) is 23.9 Å². The van der Waals surface area contributed by atoms with E-state index in [1.807, 2.05) is 0 Å². The van der Waals surface area contributed by atoms with Crippen LogP contribution in [-0.4, -0.2) is 24.4 Å². The Morgan fingerprint density at radius 3 is 2.44 bits per heavy atom. The predicted octanol–water partition coefficient (Wildman–Crippen LogP) is 4.05. The summed E-state index contributed by atoms with van der Waals surface area (Å²) in [5, 5.41) is 0.0852. The highest BCUT2D eigenvalue weighted by atomic mass is 19.4. The molecule has 0 saturated carbocycles. The van der Waals surface area contributed by atoms with Gasteiger partial charge >= 0.3 is 6.36 Å². The van der Waals surface area contributed by atoms with Gasteiger partial charge < -0.3 is 15.2 Å². The van der Waals surface area contributed by atoms with E-state index in [0.717, 1.165) is 12.1 Å². The Morgan fingerprint density at radius 2 is 1.85 bits per heavy atom. The molecule has 0 fully saturated rings. The number of halogens is 4. The van der Waals surface area contributed by atoms with Crippen LogP contribution in [0.2, 0.25) is 0 Å². The van der Waals surface area contributed by atoms with Gasteiger partial charge in [0.15, 0.2) is 11.6 Å². The molecule has 9 heteroatoms. The zero-order chi connectivity index (χ0) is 19.8. The van der Waals surface area contributed by atoms with Gasteiger partial charge in [-0.2, -0.15) is 0 Å². The van der Waals surface area contributed by atoms with E-state index in [1.165, 1.54) is 37.4 Å². The van der Waals surface area contributed by atoms with Crippen molar-refractivity contribution in [2.45, 2.75) is 6.36 Å². The molecule has 0 unspecified atom stereocenters. The van der Waals surface area contributed by atoms with Crippen molar-refractivity contribution in [1.82, 2.24) is 4.98 Å². The number of hydrogen-bond donors (Lipinski definition) is 1. The highest BCUT2D eigenvalue weighted by molar-refractivity contribution is 6.06. The third kappa shape index (κ3) is 3.91. The van der Waals surface area contributed by atoms with Gasteiger partial charge in [-0.3, -0.25) is 4.79 Å². The van der Waals surface area contributed by atoms with Crippen LogP contribution in [0.5, 0.6) is 11.5 Å². The fourth-order valence-electron chi connectivity index (χ4n) is 2.58. The molecule has 0 aliphatic heterocycles. The number of rotatable bonds is 4. The smallest absolute Gasteiger partial charge is 0.494 e. The lowest BCUT2D eigenvalue weighted by atomic mass is 10.0. The molecule has 27 heavy (non-hydrogen) atoms. The first-order valence-electron chi connectivity index (χ1n) is 7.52. The second-order valence-corrected chi connectivity index (χ2v) is 5.50. The van der Waals surface area contributed by atoms with Gasteiger partial charge in [0.1, 0.15) is 5.75 Å². The largest absolute Gasteiger partial charge is 0.573 e. The maximum Gasteiger partial charge on any atom is 0.573 e. The molecule has 0 saturated heterocycles. The number of fused-ring (bicyclic) bond motifs is 1. The monoisotopic (exact) mass is 380 g/mol. The van der Waals surface area contributed by atoms with Crippen molar-refractivity contribution in [3.05, 3.63) is 53.8 Å². The minimum atomic E-state index is -4.88. The molecule has 1 amide bonds. The zero-order valence-electron chi connectivity index (χ0n) is 13.8. The lowest BCUT2D eigenvalue weighted by molar-refractivity contribution is -0.274. The van der Waals surface area contributed by atoms with Crippen LogP contribution in [0, 0.1) is 5.82 Å². The summed E-state index contributed by atoms with van der Waals surface area (Å²) in [6.07, 6.45) is -4.88. The fraction of sp³-hybridized carbons (Fsp3) is 0.111. The number of nitrogens with zero attached hydrogens (tertiary/aromatic N) is 1. The summed E-state index contributed by atoms with van der Waals surface area (Å²) >= 11 is 0. The molecule has 3 aromatic rings. The van der Waals surface area contributed by atoms with E-state index >= 15 is 0 Å². The van der Waals surface area contributed by atoms with Crippen LogP contribution in [0.3, 0.4) is 0 Å². The summed E-state index contributed by atoms with van der Waals surface area (Å²) in [5.41, 5.74) is 6.05. The summed E-state index contributed by atoms with van der Waals surface area (Å²) in [6.45, 7) is 0. The average Bonchev–Trinajstić information content (AvgIpc) is 2.59. The molecule has 140 valence electrons. The molecule has 2 aromatic carbocycles. The average molecular weight is 380 g/mol. The molecule has 2 N–H and O–H groups in total. The van der Waals surface area contributed by atoms with Crippen LogP contribution in [0.25, 0.3) is 22.2 Å². The zero-order valence-corrected chi connectivity index (χ0v) is 13.8. The van der Waals surface area contributed by atoms with E-state index < -0.39 is 23.8 Å². The Kier molecular flexibility index (Phi) is 4.61. The summed E-state index contributed by atoms with van der Waals surface area (Å²) in [6, 6.07) is 8.71. The molecule has 0 bridgehead atoms.